The van der Waals surface area contributed by atoms with E-state index in [9.17, 15) is 9.59 Å². The molecule has 2 amide bonds. The minimum absolute atomic E-state index is 0.0106. The summed E-state index contributed by atoms with van der Waals surface area (Å²) in [5.74, 6) is 0.559. The predicted octanol–water partition coefficient (Wildman–Crippen LogP) is 1.72. The van der Waals surface area contributed by atoms with Gasteiger partial charge in [0.05, 0.1) is 25.6 Å². The van der Waals surface area contributed by atoms with Crippen molar-refractivity contribution < 1.29 is 14.3 Å². The lowest BCUT2D eigenvalue weighted by Crippen LogP contribution is -2.39. The number of ether oxygens (including phenoxy) is 1. The summed E-state index contributed by atoms with van der Waals surface area (Å²) in [6.45, 7) is 0. The van der Waals surface area contributed by atoms with Crippen molar-refractivity contribution in [2.45, 2.75) is 24.9 Å². The van der Waals surface area contributed by atoms with Crippen LogP contribution in [0.1, 0.15) is 23.6 Å². The minimum atomic E-state index is -0.274. The molecular formula is C19H21N3O3. The molecule has 0 aliphatic carbocycles. The maximum atomic E-state index is 12.5. The number of carbonyl (C=O) groups excluding carboxylic acids is 2. The number of likely N-dealkylation sites (N-methyl/N-ethyl adjacent to an activating group) is 1. The van der Waals surface area contributed by atoms with Crippen LogP contribution in [0.15, 0.2) is 48.8 Å². The predicted molar refractivity (Wildman–Crippen MR) is 93.0 cm³/mol. The Morgan fingerprint density at radius 1 is 1.32 bits per heavy atom. The quantitative estimate of drug-likeness (QED) is 0.900. The molecule has 1 fully saturated rings. The van der Waals surface area contributed by atoms with Gasteiger partial charge in [0.2, 0.25) is 11.8 Å². The summed E-state index contributed by atoms with van der Waals surface area (Å²) in [6.07, 6.45) is 3.92. The molecule has 1 N–H and O–H groups in total. The Hall–Kier alpha value is -2.89. The number of aromatic nitrogens is 1. The molecule has 1 aromatic heterocycles. The summed E-state index contributed by atoms with van der Waals surface area (Å²) in [7, 11) is 3.34. The number of pyridine rings is 1. The molecule has 2 atom stereocenters. The molecule has 6 heteroatoms. The van der Waals surface area contributed by atoms with Crippen LogP contribution in [0.5, 0.6) is 5.75 Å². The van der Waals surface area contributed by atoms with Gasteiger partial charge in [-0.15, -0.1) is 0 Å². The largest absolute Gasteiger partial charge is 0.496 e. The minimum Gasteiger partial charge on any atom is -0.496 e. The molecule has 0 bridgehead atoms. The third kappa shape index (κ3) is 3.63. The number of nitrogens with one attached hydrogen (secondary N) is 1. The molecule has 0 saturated carbocycles. The van der Waals surface area contributed by atoms with Gasteiger partial charge in [0.25, 0.3) is 0 Å². The normalized spacial score (nSPS) is 19.8. The highest BCUT2D eigenvalue weighted by atomic mass is 16.5. The van der Waals surface area contributed by atoms with E-state index in [0.29, 0.717) is 5.75 Å². The van der Waals surface area contributed by atoms with Crippen molar-refractivity contribution in [2.75, 3.05) is 14.2 Å². The number of rotatable bonds is 5. The second kappa shape index (κ2) is 7.34. The maximum absolute atomic E-state index is 12.5. The summed E-state index contributed by atoms with van der Waals surface area (Å²) >= 11 is 0. The molecule has 0 unspecified atom stereocenters. The number of likely N-dealkylation sites (tertiary alicyclic amines) is 1. The number of amides is 2. The summed E-state index contributed by atoms with van der Waals surface area (Å²) < 4.78 is 5.29. The smallest absolute Gasteiger partial charge is 0.225 e. The number of nitrogens with zero attached hydrogens (tertiary/aromatic N) is 2. The molecule has 1 aliphatic rings. The van der Waals surface area contributed by atoms with Crippen LogP contribution in [0.25, 0.3) is 0 Å². The van der Waals surface area contributed by atoms with Crippen LogP contribution in [-0.4, -0.2) is 41.9 Å². The molecule has 1 aromatic carbocycles. The van der Waals surface area contributed by atoms with Crippen molar-refractivity contribution in [3.8, 4) is 5.75 Å². The Labute approximate surface area is 146 Å². The Kier molecular flexibility index (Phi) is 4.97. The van der Waals surface area contributed by atoms with E-state index in [1.54, 1.807) is 31.5 Å². The summed E-state index contributed by atoms with van der Waals surface area (Å²) in [5.41, 5.74) is 1.73. The van der Waals surface area contributed by atoms with Gasteiger partial charge in [0, 0.05) is 31.4 Å². The lowest BCUT2D eigenvalue weighted by atomic mass is 10.0. The molecule has 1 saturated heterocycles. The van der Waals surface area contributed by atoms with E-state index in [4.69, 9.17) is 4.74 Å². The number of hydrogen-bond donors (Lipinski definition) is 1. The van der Waals surface area contributed by atoms with Crippen molar-refractivity contribution in [3.05, 3.63) is 59.9 Å². The zero-order chi connectivity index (χ0) is 17.8. The average molecular weight is 339 g/mol. The van der Waals surface area contributed by atoms with Crippen molar-refractivity contribution in [3.63, 3.8) is 0 Å². The van der Waals surface area contributed by atoms with Crippen LogP contribution in [-0.2, 0) is 16.0 Å². The second-order valence-corrected chi connectivity index (χ2v) is 6.10. The van der Waals surface area contributed by atoms with Crippen LogP contribution in [0.2, 0.25) is 0 Å². The molecule has 2 aromatic rings. The standard InChI is InChI=1S/C19H21N3O3/c1-22-18(24)11-15(19(22)14-7-5-9-20-12-14)21-17(23)10-13-6-3-4-8-16(13)25-2/h3-9,12,15,19H,10-11H2,1-2H3,(H,21,23)/t15-,19+/m1/s1. The fourth-order valence-electron chi connectivity index (χ4n) is 3.29. The van der Waals surface area contributed by atoms with Crippen molar-refractivity contribution >= 4 is 11.8 Å². The third-order valence-corrected chi connectivity index (χ3v) is 4.50. The van der Waals surface area contributed by atoms with Crippen LogP contribution in [0.4, 0.5) is 0 Å². The zero-order valence-electron chi connectivity index (χ0n) is 14.3. The average Bonchev–Trinajstić information content (AvgIpc) is 2.89. The molecular weight excluding hydrogens is 318 g/mol. The molecule has 2 heterocycles. The first-order valence-corrected chi connectivity index (χ1v) is 8.17. The number of hydrogen-bond acceptors (Lipinski definition) is 4. The lowest BCUT2D eigenvalue weighted by Gasteiger charge is -2.25. The fraction of sp³-hybridized carbons (Fsp3) is 0.316. The first-order valence-electron chi connectivity index (χ1n) is 8.17. The highest BCUT2D eigenvalue weighted by Crippen LogP contribution is 2.31. The van der Waals surface area contributed by atoms with Crippen LogP contribution < -0.4 is 10.1 Å². The van der Waals surface area contributed by atoms with E-state index in [0.717, 1.165) is 11.1 Å². The van der Waals surface area contributed by atoms with Crippen molar-refractivity contribution in [1.82, 2.24) is 15.2 Å². The third-order valence-electron chi connectivity index (χ3n) is 4.50. The Balaban J connectivity index is 1.74. The van der Waals surface area contributed by atoms with E-state index < -0.39 is 0 Å². The van der Waals surface area contributed by atoms with Crippen LogP contribution in [0.3, 0.4) is 0 Å². The van der Waals surface area contributed by atoms with E-state index >= 15 is 0 Å². The van der Waals surface area contributed by atoms with Gasteiger partial charge in [-0.2, -0.15) is 0 Å². The monoisotopic (exact) mass is 339 g/mol. The van der Waals surface area contributed by atoms with Crippen molar-refractivity contribution in [1.29, 1.82) is 0 Å². The SMILES string of the molecule is COc1ccccc1CC(=O)N[C@@H]1CC(=O)N(C)[C@H]1c1cccnc1. The maximum Gasteiger partial charge on any atom is 0.225 e. The first-order chi connectivity index (χ1) is 12.1. The molecule has 0 spiro atoms. The van der Waals surface area contributed by atoms with E-state index in [2.05, 4.69) is 10.3 Å². The Morgan fingerprint density at radius 2 is 2.12 bits per heavy atom. The van der Waals surface area contributed by atoms with Gasteiger partial charge in [0.15, 0.2) is 0 Å². The van der Waals surface area contributed by atoms with Gasteiger partial charge in [-0.25, -0.2) is 0 Å². The summed E-state index contributed by atoms with van der Waals surface area (Å²) in [6, 6.07) is 10.7. The summed E-state index contributed by atoms with van der Waals surface area (Å²) in [4.78, 5) is 30.5. The summed E-state index contributed by atoms with van der Waals surface area (Å²) in [5, 5.41) is 3.00. The van der Waals surface area contributed by atoms with Gasteiger partial charge in [-0.3, -0.25) is 14.6 Å². The van der Waals surface area contributed by atoms with Gasteiger partial charge in [-0.1, -0.05) is 24.3 Å². The van der Waals surface area contributed by atoms with E-state index in [1.165, 1.54) is 0 Å². The fourth-order valence-corrected chi connectivity index (χ4v) is 3.29. The number of methoxy groups -OCH3 is 1. The highest BCUT2D eigenvalue weighted by molar-refractivity contribution is 5.84. The van der Waals surface area contributed by atoms with Gasteiger partial charge in [-0.05, 0) is 17.7 Å². The van der Waals surface area contributed by atoms with Gasteiger partial charge < -0.3 is 15.0 Å². The van der Waals surface area contributed by atoms with Gasteiger partial charge >= 0.3 is 0 Å². The van der Waals surface area contributed by atoms with E-state index in [-0.39, 0.29) is 36.7 Å². The van der Waals surface area contributed by atoms with Crippen molar-refractivity contribution in [2.24, 2.45) is 0 Å². The lowest BCUT2D eigenvalue weighted by molar-refractivity contribution is -0.127. The zero-order valence-corrected chi connectivity index (χ0v) is 14.3. The first kappa shape index (κ1) is 17.0. The number of benzene rings is 1. The molecule has 0 radical (unpaired) electrons. The Morgan fingerprint density at radius 3 is 2.84 bits per heavy atom. The number of para-hydroxylation sites is 1. The molecule has 3 rings (SSSR count). The van der Waals surface area contributed by atoms with E-state index in [1.807, 2.05) is 36.4 Å². The molecule has 6 nitrogen and oxygen atoms in total. The number of carbonyl (C=O) groups is 2. The van der Waals surface area contributed by atoms with Gasteiger partial charge in [0.1, 0.15) is 5.75 Å². The molecule has 1 aliphatic heterocycles. The van der Waals surface area contributed by atoms with Crippen LogP contribution >= 0.6 is 0 Å². The second-order valence-electron chi connectivity index (χ2n) is 6.10. The molecule has 25 heavy (non-hydrogen) atoms. The van der Waals surface area contributed by atoms with Crippen LogP contribution in [0, 0.1) is 0 Å². The highest BCUT2D eigenvalue weighted by Gasteiger charge is 2.39. The molecule has 130 valence electrons. The Bertz CT molecular complexity index is 764. The topological polar surface area (TPSA) is 71.5 Å².